The molecule has 1 unspecified atom stereocenters. The number of hydrogen-bond acceptors (Lipinski definition) is 3. The van der Waals surface area contributed by atoms with E-state index in [1.807, 2.05) is 12.1 Å². The second-order valence-corrected chi connectivity index (χ2v) is 5.33. The van der Waals surface area contributed by atoms with Crippen LogP contribution in [0.1, 0.15) is 30.1 Å². The highest BCUT2D eigenvalue weighted by atomic mass is 79.9. The van der Waals surface area contributed by atoms with Crippen LogP contribution in [-0.2, 0) is 9.53 Å². The first-order valence-corrected chi connectivity index (χ1v) is 7.16. The zero-order valence-corrected chi connectivity index (χ0v) is 12.4. The summed E-state index contributed by atoms with van der Waals surface area (Å²) < 4.78 is 5.88. The highest BCUT2D eigenvalue weighted by molar-refractivity contribution is 9.10. The van der Waals surface area contributed by atoms with Crippen molar-refractivity contribution in [1.29, 1.82) is 0 Å². The fourth-order valence-electron chi connectivity index (χ4n) is 2.28. The molecule has 5 heteroatoms. The molecule has 0 bridgehead atoms. The van der Waals surface area contributed by atoms with Gasteiger partial charge in [0.05, 0.1) is 6.61 Å². The van der Waals surface area contributed by atoms with Gasteiger partial charge in [0.25, 0.3) is 5.91 Å². The van der Waals surface area contributed by atoms with Crippen molar-refractivity contribution < 1.29 is 14.3 Å². The van der Waals surface area contributed by atoms with Gasteiger partial charge in [0.15, 0.2) is 0 Å². The molecule has 1 atom stereocenters. The molecule has 0 aliphatic carbocycles. The van der Waals surface area contributed by atoms with Crippen LogP contribution >= 0.6 is 15.9 Å². The van der Waals surface area contributed by atoms with E-state index in [4.69, 9.17) is 4.74 Å². The number of nitrogens with zero attached hydrogens (tertiary/aromatic N) is 1. The lowest BCUT2D eigenvalue weighted by Crippen LogP contribution is -2.41. The summed E-state index contributed by atoms with van der Waals surface area (Å²) in [5, 5.41) is 0. The van der Waals surface area contributed by atoms with Gasteiger partial charge in [0.2, 0.25) is 0 Å². The van der Waals surface area contributed by atoms with Gasteiger partial charge in [0, 0.05) is 16.6 Å². The molecule has 1 aliphatic rings. The monoisotopic (exact) mass is 325 g/mol. The minimum atomic E-state index is -0.438. The number of carbonyl (C=O) groups excluding carboxylic acids is 2. The third-order valence-corrected chi connectivity index (χ3v) is 3.64. The molecule has 4 nitrogen and oxygen atoms in total. The SMILES string of the molecule is CCOC(=O)C1CCCN1C(=O)c1cccc(Br)c1. The van der Waals surface area contributed by atoms with Gasteiger partial charge in [-0.25, -0.2) is 4.79 Å². The second-order valence-electron chi connectivity index (χ2n) is 4.42. The highest BCUT2D eigenvalue weighted by Gasteiger charge is 2.35. The summed E-state index contributed by atoms with van der Waals surface area (Å²) in [6, 6.07) is 6.76. The van der Waals surface area contributed by atoms with Crippen molar-refractivity contribution in [2.75, 3.05) is 13.2 Å². The van der Waals surface area contributed by atoms with Gasteiger partial charge in [-0.2, -0.15) is 0 Å². The molecule has 2 rings (SSSR count). The standard InChI is InChI=1S/C14H16BrNO3/c1-2-19-14(18)12-7-4-8-16(12)13(17)10-5-3-6-11(15)9-10/h3,5-6,9,12H,2,4,7-8H2,1H3. The Hall–Kier alpha value is -1.36. The van der Waals surface area contributed by atoms with Crippen molar-refractivity contribution in [3.05, 3.63) is 34.3 Å². The Morgan fingerprint density at radius 2 is 2.26 bits per heavy atom. The maximum Gasteiger partial charge on any atom is 0.328 e. The Bertz CT molecular complexity index is 489. The lowest BCUT2D eigenvalue weighted by Gasteiger charge is -2.23. The molecule has 1 amide bonds. The van der Waals surface area contributed by atoms with E-state index < -0.39 is 6.04 Å². The van der Waals surface area contributed by atoms with Crippen molar-refractivity contribution in [2.24, 2.45) is 0 Å². The topological polar surface area (TPSA) is 46.6 Å². The van der Waals surface area contributed by atoms with Crippen molar-refractivity contribution in [3.63, 3.8) is 0 Å². The van der Waals surface area contributed by atoms with Crippen LogP contribution < -0.4 is 0 Å². The Morgan fingerprint density at radius 1 is 1.47 bits per heavy atom. The number of esters is 1. The number of carbonyl (C=O) groups is 2. The van der Waals surface area contributed by atoms with E-state index in [0.29, 0.717) is 25.1 Å². The van der Waals surface area contributed by atoms with E-state index in [2.05, 4.69) is 15.9 Å². The molecule has 0 aromatic heterocycles. The van der Waals surface area contributed by atoms with Crippen LogP contribution in [0.4, 0.5) is 0 Å². The first-order valence-electron chi connectivity index (χ1n) is 6.36. The van der Waals surface area contributed by atoms with Crippen molar-refractivity contribution in [2.45, 2.75) is 25.8 Å². The molecule has 102 valence electrons. The van der Waals surface area contributed by atoms with Crippen LogP contribution in [0, 0.1) is 0 Å². The van der Waals surface area contributed by atoms with E-state index >= 15 is 0 Å². The number of rotatable bonds is 3. The number of amides is 1. The Kier molecular flexibility index (Phi) is 4.58. The number of halogens is 1. The lowest BCUT2D eigenvalue weighted by atomic mass is 10.1. The van der Waals surface area contributed by atoms with Crippen LogP contribution in [0.3, 0.4) is 0 Å². The van der Waals surface area contributed by atoms with Crippen molar-refractivity contribution in [3.8, 4) is 0 Å². The minimum absolute atomic E-state index is 0.114. The predicted molar refractivity (Wildman–Crippen MR) is 74.8 cm³/mol. The van der Waals surface area contributed by atoms with E-state index in [-0.39, 0.29) is 11.9 Å². The van der Waals surface area contributed by atoms with Gasteiger partial charge >= 0.3 is 5.97 Å². The van der Waals surface area contributed by atoms with E-state index in [1.165, 1.54) is 0 Å². The molecular formula is C14H16BrNO3. The third-order valence-electron chi connectivity index (χ3n) is 3.14. The molecule has 0 saturated carbocycles. The van der Waals surface area contributed by atoms with Gasteiger partial charge in [-0.3, -0.25) is 4.79 Å². The molecule has 0 radical (unpaired) electrons. The largest absolute Gasteiger partial charge is 0.464 e. The smallest absolute Gasteiger partial charge is 0.328 e. The number of ether oxygens (including phenoxy) is 1. The molecule has 1 saturated heterocycles. The summed E-state index contributed by atoms with van der Waals surface area (Å²) in [5.41, 5.74) is 0.588. The van der Waals surface area contributed by atoms with Gasteiger partial charge < -0.3 is 9.64 Å². The summed E-state index contributed by atoms with van der Waals surface area (Å²) in [6.45, 7) is 2.72. The summed E-state index contributed by atoms with van der Waals surface area (Å²) in [7, 11) is 0. The molecule has 19 heavy (non-hydrogen) atoms. The van der Waals surface area contributed by atoms with E-state index in [9.17, 15) is 9.59 Å². The number of hydrogen-bond donors (Lipinski definition) is 0. The van der Waals surface area contributed by atoms with Crippen molar-refractivity contribution in [1.82, 2.24) is 4.90 Å². The zero-order chi connectivity index (χ0) is 13.8. The minimum Gasteiger partial charge on any atom is -0.464 e. The maximum atomic E-state index is 12.4. The van der Waals surface area contributed by atoms with Gasteiger partial charge in [-0.1, -0.05) is 22.0 Å². The van der Waals surface area contributed by atoms with Crippen LogP contribution in [0.5, 0.6) is 0 Å². The molecule has 1 heterocycles. The average molecular weight is 326 g/mol. The van der Waals surface area contributed by atoms with Crippen LogP contribution in [0.15, 0.2) is 28.7 Å². The Labute approximate surface area is 120 Å². The summed E-state index contributed by atoms with van der Waals surface area (Å²) in [6.07, 6.45) is 1.52. The highest BCUT2D eigenvalue weighted by Crippen LogP contribution is 2.22. The molecule has 0 N–H and O–H groups in total. The number of benzene rings is 1. The molecular weight excluding hydrogens is 310 g/mol. The fourth-order valence-corrected chi connectivity index (χ4v) is 2.68. The van der Waals surface area contributed by atoms with Crippen molar-refractivity contribution >= 4 is 27.8 Å². The van der Waals surface area contributed by atoms with E-state index in [1.54, 1.807) is 24.0 Å². The normalized spacial score (nSPS) is 18.4. The molecule has 1 aromatic carbocycles. The van der Waals surface area contributed by atoms with Gasteiger partial charge in [0.1, 0.15) is 6.04 Å². The number of likely N-dealkylation sites (tertiary alicyclic amines) is 1. The molecule has 0 spiro atoms. The van der Waals surface area contributed by atoms with Crippen LogP contribution in [0.25, 0.3) is 0 Å². The maximum absolute atomic E-state index is 12.4. The Balaban J connectivity index is 2.16. The summed E-state index contributed by atoms with van der Waals surface area (Å²) in [4.78, 5) is 25.9. The van der Waals surface area contributed by atoms with Crippen LogP contribution in [0.2, 0.25) is 0 Å². The summed E-state index contributed by atoms with van der Waals surface area (Å²) in [5.74, 6) is -0.416. The predicted octanol–water partition coefficient (Wildman–Crippen LogP) is 2.62. The van der Waals surface area contributed by atoms with Crippen LogP contribution in [-0.4, -0.2) is 36.0 Å². The third kappa shape index (κ3) is 3.15. The van der Waals surface area contributed by atoms with Gasteiger partial charge in [-0.15, -0.1) is 0 Å². The second kappa shape index (κ2) is 6.19. The molecule has 1 aromatic rings. The van der Waals surface area contributed by atoms with Gasteiger partial charge in [-0.05, 0) is 38.0 Å². The first-order chi connectivity index (χ1) is 9.13. The van der Waals surface area contributed by atoms with E-state index in [0.717, 1.165) is 10.9 Å². The quantitative estimate of drug-likeness (QED) is 0.802. The fraction of sp³-hybridized carbons (Fsp3) is 0.429. The Morgan fingerprint density at radius 3 is 2.95 bits per heavy atom. The zero-order valence-electron chi connectivity index (χ0n) is 10.8. The molecule has 1 aliphatic heterocycles. The average Bonchev–Trinajstić information content (AvgIpc) is 2.87. The first kappa shape index (κ1) is 14.1. The lowest BCUT2D eigenvalue weighted by molar-refractivity contribution is -0.147. The summed E-state index contributed by atoms with van der Waals surface area (Å²) >= 11 is 3.35. The molecule has 1 fully saturated rings.